The second-order valence-electron chi connectivity index (χ2n) is 6.17. The summed E-state index contributed by atoms with van der Waals surface area (Å²) in [5, 5.41) is 4.32. The second-order valence-corrected chi connectivity index (χ2v) is 6.17. The Labute approximate surface area is 144 Å². The molecule has 2 aromatic carbocycles. The Balaban J connectivity index is 1.76. The lowest BCUT2D eigenvalue weighted by atomic mass is 9.97. The van der Waals surface area contributed by atoms with Gasteiger partial charge in [-0.15, -0.1) is 0 Å². The minimum atomic E-state index is -0.532. The predicted molar refractivity (Wildman–Crippen MR) is 91.9 cm³/mol. The Kier molecular flexibility index (Phi) is 3.80. The molecule has 5 nitrogen and oxygen atoms in total. The Hall–Kier alpha value is -3.02. The summed E-state index contributed by atoms with van der Waals surface area (Å²) in [6.07, 6.45) is 2.12. The van der Waals surface area contributed by atoms with E-state index in [0.29, 0.717) is 12.4 Å². The van der Waals surface area contributed by atoms with E-state index in [1.165, 1.54) is 23.4 Å². The van der Waals surface area contributed by atoms with Gasteiger partial charge in [-0.25, -0.2) is 9.07 Å². The van der Waals surface area contributed by atoms with Gasteiger partial charge in [-0.3, -0.25) is 9.69 Å². The third-order valence-corrected chi connectivity index (χ3v) is 4.58. The van der Waals surface area contributed by atoms with Crippen LogP contribution < -0.4 is 4.90 Å². The molecule has 0 saturated heterocycles. The van der Waals surface area contributed by atoms with Crippen molar-refractivity contribution >= 4 is 11.9 Å². The lowest BCUT2D eigenvalue weighted by Gasteiger charge is -2.37. The molecule has 0 radical (unpaired) electrons. The average molecular weight is 336 g/mol. The van der Waals surface area contributed by atoms with E-state index in [9.17, 15) is 9.18 Å². The number of amides is 1. The van der Waals surface area contributed by atoms with Gasteiger partial charge in [0.25, 0.3) is 5.91 Å². The molecule has 1 aromatic heterocycles. The molecule has 0 spiro atoms. The van der Waals surface area contributed by atoms with Crippen molar-refractivity contribution in [2.24, 2.45) is 0 Å². The summed E-state index contributed by atoms with van der Waals surface area (Å²) in [5.41, 5.74) is 1.15. The maximum absolute atomic E-state index is 14.1. The van der Waals surface area contributed by atoms with Crippen LogP contribution in [0.4, 0.5) is 10.3 Å². The zero-order chi connectivity index (χ0) is 17.4. The third-order valence-electron chi connectivity index (χ3n) is 4.58. The van der Waals surface area contributed by atoms with Crippen LogP contribution in [0.1, 0.15) is 35.3 Å². The lowest BCUT2D eigenvalue weighted by Crippen LogP contribution is -2.46. The van der Waals surface area contributed by atoms with Gasteiger partial charge in [0.15, 0.2) is 0 Å². The molecule has 0 saturated carbocycles. The van der Waals surface area contributed by atoms with Crippen LogP contribution in [-0.2, 0) is 0 Å². The summed E-state index contributed by atoms with van der Waals surface area (Å²) in [6, 6.07) is 15.9. The largest absolute Gasteiger partial charge is 0.274 e. The number of hydrogen-bond acceptors (Lipinski definition) is 3. The van der Waals surface area contributed by atoms with Crippen molar-refractivity contribution in [2.45, 2.75) is 25.4 Å². The van der Waals surface area contributed by atoms with Gasteiger partial charge in [-0.05, 0) is 31.0 Å². The Morgan fingerprint density at radius 1 is 1.12 bits per heavy atom. The second kappa shape index (κ2) is 6.12. The zero-order valence-electron chi connectivity index (χ0n) is 13.7. The summed E-state index contributed by atoms with van der Waals surface area (Å²) >= 11 is 0. The fourth-order valence-electron chi connectivity index (χ4n) is 3.37. The highest BCUT2D eigenvalue weighted by molar-refractivity contribution is 6.05. The van der Waals surface area contributed by atoms with Gasteiger partial charge in [0.05, 0.1) is 11.6 Å². The molecule has 2 atom stereocenters. The first-order chi connectivity index (χ1) is 12.2. The van der Waals surface area contributed by atoms with E-state index in [2.05, 4.69) is 10.1 Å². The molecular formula is C19H17FN4O. The van der Waals surface area contributed by atoms with Gasteiger partial charge in [0.1, 0.15) is 12.1 Å². The topological polar surface area (TPSA) is 51.0 Å². The number of carbonyl (C=O) groups excluding carboxylic acids is 1. The molecule has 0 aliphatic carbocycles. The first-order valence-corrected chi connectivity index (χ1v) is 8.19. The molecule has 6 heteroatoms. The van der Waals surface area contributed by atoms with Gasteiger partial charge in [0.2, 0.25) is 5.95 Å². The maximum atomic E-state index is 14.1. The van der Waals surface area contributed by atoms with E-state index >= 15 is 0 Å². The zero-order valence-corrected chi connectivity index (χ0v) is 13.7. The smallest absolute Gasteiger partial charge is 0.263 e. The van der Waals surface area contributed by atoms with Crippen LogP contribution in [-0.4, -0.2) is 26.7 Å². The average Bonchev–Trinajstić information content (AvgIpc) is 3.11. The van der Waals surface area contributed by atoms with Crippen molar-refractivity contribution in [1.82, 2.24) is 14.8 Å². The van der Waals surface area contributed by atoms with Crippen LogP contribution >= 0.6 is 0 Å². The monoisotopic (exact) mass is 336 g/mol. The van der Waals surface area contributed by atoms with Crippen LogP contribution in [0.5, 0.6) is 0 Å². The molecule has 0 N–H and O–H groups in total. The van der Waals surface area contributed by atoms with Gasteiger partial charge in [-0.1, -0.05) is 42.5 Å². The van der Waals surface area contributed by atoms with Crippen LogP contribution in [0, 0.1) is 5.82 Å². The summed E-state index contributed by atoms with van der Waals surface area (Å²) < 4.78 is 15.8. The summed E-state index contributed by atoms with van der Waals surface area (Å²) in [6.45, 7) is 1.95. The Morgan fingerprint density at radius 3 is 2.60 bits per heavy atom. The molecule has 3 aromatic rings. The number of carbonyl (C=O) groups is 1. The minimum Gasteiger partial charge on any atom is -0.274 e. The maximum Gasteiger partial charge on any atom is 0.263 e. The van der Waals surface area contributed by atoms with Crippen molar-refractivity contribution in [1.29, 1.82) is 0 Å². The third kappa shape index (κ3) is 2.59. The number of hydrogen-bond donors (Lipinski definition) is 0. The standard InChI is InChI=1S/C19H17FN4O/c1-13-11-17(14-7-3-2-4-8-14)24-19(21-12-22-24)23(13)18(25)15-9-5-6-10-16(15)20/h2-10,12-13,17H,11H2,1H3/t13-,17-/m1/s1. The van der Waals surface area contributed by atoms with Crippen LogP contribution in [0.15, 0.2) is 60.9 Å². The van der Waals surface area contributed by atoms with E-state index in [1.54, 1.807) is 16.8 Å². The number of halogens is 1. The molecule has 1 aliphatic rings. The van der Waals surface area contributed by atoms with E-state index in [1.807, 2.05) is 37.3 Å². The van der Waals surface area contributed by atoms with Gasteiger partial charge >= 0.3 is 0 Å². The first kappa shape index (κ1) is 15.5. The normalized spacial score (nSPS) is 19.5. The molecule has 1 aliphatic heterocycles. The van der Waals surface area contributed by atoms with Crippen molar-refractivity contribution in [3.8, 4) is 0 Å². The molecule has 0 bridgehead atoms. The Morgan fingerprint density at radius 2 is 1.84 bits per heavy atom. The number of nitrogens with zero attached hydrogens (tertiary/aromatic N) is 4. The number of anilines is 1. The minimum absolute atomic E-state index is 0.00151. The molecular weight excluding hydrogens is 319 g/mol. The molecule has 1 amide bonds. The highest BCUT2D eigenvalue weighted by Gasteiger charge is 2.37. The predicted octanol–water partition coefficient (Wildman–Crippen LogP) is 3.45. The van der Waals surface area contributed by atoms with Crippen molar-refractivity contribution in [2.75, 3.05) is 4.90 Å². The number of aromatic nitrogens is 3. The number of rotatable bonds is 2. The molecule has 25 heavy (non-hydrogen) atoms. The van der Waals surface area contributed by atoms with E-state index in [0.717, 1.165) is 5.56 Å². The summed E-state index contributed by atoms with van der Waals surface area (Å²) in [5.74, 6) is -0.483. The molecule has 126 valence electrons. The first-order valence-electron chi connectivity index (χ1n) is 8.19. The fraction of sp³-hybridized carbons (Fsp3) is 0.211. The SMILES string of the molecule is C[C@@H]1C[C@H](c2ccccc2)n2ncnc2N1C(=O)c1ccccc1F. The molecule has 4 rings (SSSR count). The van der Waals surface area contributed by atoms with E-state index < -0.39 is 11.7 Å². The molecule has 2 heterocycles. The summed E-state index contributed by atoms with van der Waals surface area (Å²) in [7, 11) is 0. The van der Waals surface area contributed by atoms with Crippen LogP contribution in [0.25, 0.3) is 0 Å². The number of benzene rings is 2. The Bertz CT molecular complexity index is 909. The quantitative estimate of drug-likeness (QED) is 0.720. The van der Waals surface area contributed by atoms with E-state index in [-0.39, 0.29) is 17.6 Å². The molecule has 0 fully saturated rings. The fourth-order valence-corrected chi connectivity index (χ4v) is 3.37. The summed E-state index contributed by atoms with van der Waals surface area (Å²) in [4.78, 5) is 18.7. The highest BCUT2D eigenvalue weighted by atomic mass is 19.1. The number of fused-ring (bicyclic) bond motifs is 1. The van der Waals surface area contributed by atoms with Crippen molar-refractivity contribution in [3.05, 3.63) is 77.9 Å². The van der Waals surface area contributed by atoms with Gasteiger partial charge in [0, 0.05) is 6.04 Å². The van der Waals surface area contributed by atoms with E-state index in [4.69, 9.17) is 0 Å². The van der Waals surface area contributed by atoms with Crippen LogP contribution in [0.2, 0.25) is 0 Å². The van der Waals surface area contributed by atoms with Gasteiger partial charge < -0.3 is 0 Å². The molecule has 0 unspecified atom stereocenters. The van der Waals surface area contributed by atoms with Crippen molar-refractivity contribution < 1.29 is 9.18 Å². The van der Waals surface area contributed by atoms with Gasteiger partial charge in [-0.2, -0.15) is 10.1 Å². The lowest BCUT2D eigenvalue weighted by molar-refractivity contribution is 0.0962. The van der Waals surface area contributed by atoms with Crippen LogP contribution in [0.3, 0.4) is 0 Å². The highest BCUT2D eigenvalue weighted by Crippen LogP contribution is 2.35. The van der Waals surface area contributed by atoms with Crippen molar-refractivity contribution in [3.63, 3.8) is 0 Å².